The first-order chi connectivity index (χ1) is 15.0. The molecule has 0 aliphatic heterocycles. The number of benzene rings is 3. The van der Waals surface area contributed by atoms with Crippen molar-refractivity contribution in [1.29, 1.82) is 0 Å². The molecule has 1 N–H and O–H groups in total. The molecule has 0 radical (unpaired) electrons. The van der Waals surface area contributed by atoms with Gasteiger partial charge in [0.05, 0.1) is 27.9 Å². The molecule has 0 bridgehead atoms. The molecule has 0 fully saturated rings. The first kappa shape index (κ1) is 19.8. The lowest BCUT2D eigenvalue weighted by Gasteiger charge is -2.09. The summed E-state index contributed by atoms with van der Waals surface area (Å²) in [5.41, 5.74) is 5.00. The first-order valence-corrected chi connectivity index (χ1v) is 9.25. The highest BCUT2D eigenvalue weighted by Gasteiger charge is 2.14. The third kappa shape index (κ3) is 4.43. The maximum atomic E-state index is 13.3. The van der Waals surface area contributed by atoms with Crippen molar-refractivity contribution in [3.63, 3.8) is 0 Å². The lowest BCUT2D eigenvalue weighted by Crippen LogP contribution is -2.18. The van der Waals surface area contributed by atoms with Gasteiger partial charge in [-0.3, -0.25) is 14.9 Å². The third-order valence-corrected chi connectivity index (χ3v) is 4.56. The number of hydrogen-bond acceptors (Lipinski definition) is 5. The van der Waals surface area contributed by atoms with Gasteiger partial charge in [0.2, 0.25) is 0 Å². The monoisotopic (exact) mass is 414 g/mol. The molecule has 1 aromatic heterocycles. The van der Waals surface area contributed by atoms with Gasteiger partial charge in [-0.2, -0.15) is 5.10 Å². The molecule has 0 unspecified atom stereocenters. The number of carbonyl (C=O) groups excluding carboxylic acids is 1. The number of hydrazone groups is 1. The van der Waals surface area contributed by atoms with E-state index in [2.05, 4.69) is 15.5 Å². The van der Waals surface area contributed by atoms with E-state index in [1.165, 1.54) is 36.5 Å². The maximum absolute atomic E-state index is 13.3. The second-order valence-corrected chi connectivity index (χ2v) is 6.63. The minimum Gasteiger partial charge on any atom is -0.267 e. The number of non-ortho nitro benzene ring substituents is 1. The summed E-state index contributed by atoms with van der Waals surface area (Å²) in [6, 6.07) is 20.5. The molecule has 31 heavy (non-hydrogen) atoms. The van der Waals surface area contributed by atoms with E-state index in [4.69, 9.17) is 0 Å². The van der Waals surface area contributed by atoms with E-state index < -0.39 is 10.8 Å². The fourth-order valence-corrected chi connectivity index (χ4v) is 3.08. The second-order valence-electron chi connectivity index (χ2n) is 6.63. The van der Waals surface area contributed by atoms with Gasteiger partial charge < -0.3 is 0 Å². The molecule has 0 saturated heterocycles. The van der Waals surface area contributed by atoms with Gasteiger partial charge in [0.15, 0.2) is 0 Å². The van der Waals surface area contributed by atoms with Crippen LogP contribution in [0.15, 0.2) is 84.0 Å². The van der Waals surface area contributed by atoms with Gasteiger partial charge in [0.1, 0.15) is 5.82 Å². The van der Waals surface area contributed by atoms with Crippen LogP contribution in [0.25, 0.3) is 22.2 Å². The molecule has 8 heteroatoms. The number of rotatable bonds is 5. The summed E-state index contributed by atoms with van der Waals surface area (Å²) in [5.74, 6) is -0.832. The minimum absolute atomic E-state index is 0.0701. The van der Waals surface area contributed by atoms with E-state index in [0.29, 0.717) is 33.3 Å². The molecular formula is C23H15FN4O3. The number of para-hydroxylation sites is 1. The number of halogens is 1. The zero-order valence-electron chi connectivity index (χ0n) is 16.0. The molecule has 1 amide bonds. The van der Waals surface area contributed by atoms with Crippen molar-refractivity contribution in [3.05, 3.63) is 106 Å². The zero-order chi connectivity index (χ0) is 21.8. The number of carbonyl (C=O) groups is 1. The number of hydrogen-bond donors (Lipinski definition) is 1. The van der Waals surface area contributed by atoms with Gasteiger partial charge in [-0.25, -0.2) is 14.8 Å². The molecular weight excluding hydrogens is 399 g/mol. The van der Waals surface area contributed by atoms with Crippen LogP contribution in [0.4, 0.5) is 10.1 Å². The van der Waals surface area contributed by atoms with Gasteiger partial charge in [0, 0.05) is 28.6 Å². The summed E-state index contributed by atoms with van der Waals surface area (Å²) >= 11 is 0. The Bertz CT molecular complexity index is 1320. The molecule has 7 nitrogen and oxygen atoms in total. The van der Waals surface area contributed by atoms with Gasteiger partial charge in [0.25, 0.3) is 11.6 Å². The van der Waals surface area contributed by atoms with Crippen LogP contribution in [0.2, 0.25) is 0 Å². The number of nitrogens with one attached hydrogen (secondary N) is 1. The lowest BCUT2D eigenvalue weighted by molar-refractivity contribution is -0.384. The Kier molecular flexibility index (Phi) is 5.44. The predicted molar refractivity (Wildman–Crippen MR) is 115 cm³/mol. The Morgan fingerprint density at radius 1 is 1.03 bits per heavy atom. The normalized spacial score (nSPS) is 11.0. The number of amides is 1. The topological polar surface area (TPSA) is 97.5 Å². The summed E-state index contributed by atoms with van der Waals surface area (Å²) < 4.78 is 13.3. The molecule has 4 aromatic rings. The Labute approximate surface area is 176 Å². The average molecular weight is 414 g/mol. The van der Waals surface area contributed by atoms with E-state index in [1.54, 1.807) is 42.5 Å². The Morgan fingerprint density at radius 2 is 1.81 bits per heavy atom. The largest absolute Gasteiger partial charge is 0.272 e. The molecule has 0 atom stereocenters. The first-order valence-electron chi connectivity index (χ1n) is 9.25. The van der Waals surface area contributed by atoms with Crippen LogP contribution in [-0.4, -0.2) is 22.0 Å². The van der Waals surface area contributed by atoms with Crippen LogP contribution in [0.5, 0.6) is 0 Å². The van der Waals surface area contributed by atoms with E-state index in [-0.39, 0.29) is 11.5 Å². The van der Waals surface area contributed by atoms with E-state index in [9.17, 15) is 19.3 Å². The van der Waals surface area contributed by atoms with E-state index in [1.807, 2.05) is 6.07 Å². The highest BCUT2D eigenvalue weighted by atomic mass is 19.1. The van der Waals surface area contributed by atoms with Crippen LogP contribution in [0.3, 0.4) is 0 Å². The van der Waals surface area contributed by atoms with Crippen LogP contribution < -0.4 is 5.43 Å². The zero-order valence-corrected chi connectivity index (χ0v) is 16.0. The molecule has 152 valence electrons. The SMILES string of the molecule is O=C(NN=Cc1cccc([N+](=O)[O-])c1)c1cc(-c2ccc(F)cc2)nc2ccccc12. The van der Waals surface area contributed by atoms with Crippen molar-refractivity contribution in [2.24, 2.45) is 5.10 Å². The van der Waals surface area contributed by atoms with Crippen molar-refractivity contribution < 1.29 is 14.1 Å². The number of nitrogens with zero attached hydrogens (tertiary/aromatic N) is 3. The average Bonchev–Trinajstić information content (AvgIpc) is 2.79. The standard InChI is InChI=1S/C23H15FN4O3/c24-17-10-8-16(9-11-17)22-13-20(19-6-1-2-7-21(19)26-22)23(29)27-25-14-15-4-3-5-18(12-15)28(30)31/h1-14H,(H,27,29). The molecule has 0 aliphatic rings. The molecule has 1 heterocycles. The van der Waals surface area contributed by atoms with Crippen LogP contribution in [-0.2, 0) is 0 Å². The summed E-state index contributed by atoms with van der Waals surface area (Å²) in [6.45, 7) is 0. The number of fused-ring (bicyclic) bond motifs is 1. The number of nitro benzene ring substituents is 1. The van der Waals surface area contributed by atoms with Crippen molar-refractivity contribution in [2.75, 3.05) is 0 Å². The summed E-state index contributed by atoms with van der Waals surface area (Å²) in [7, 11) is 0. The minimum atomic E-state index is -0.504. The van der Waals surface area contributed by atoms with Crippen molar-refractivity contribution in [2.45, 2.75) is 0 Å². The van der Waals surface area contributed by atoms with Gasteiger partial charge >= 0.3 is 0 Å². The Morgan fingerprint density at radius 3 is 2.58 bits per heavy atom. The fourth-order valence-electron chi connectivity index (χ4n) is 3.08. The molecule has 0 spiro atoms. The molecule has 3 aromatic carbocycles. The van der Waals surface area contributed by atoms with Crippen molar-refractivity contribution >= 4 is 28.7 Å². The Hall–Kier alpha value is -4.46. The van der Waals surface area contributed by atoms with Crippen molar-refractivity contribution in [3.8, 4) is 11.3 Å². The molecule has 0 aliphatic carbocycles. The highest BCUT2D eigenvalue weighted by molar-refractivity contribution is 6.07. The number of nitro groups is 1. The summed E-state index contributed by atoms with van der Waals surface area (Å²) in [4.78, 5) is 27.8. The third-order valence-electron chi connectivity index (χ3n) is 4.56. The smallest absolute Gasteiger partial charge is 0.267 e. The van der Waals surface area contributed by atoms with Crippen LogP contribution >= 0.6 is 0 Å². The molecule has 4 rings (SSSR count). The Balaban J connectivity index is 1.65. The van der Waals surface area contributed by atoms with E-state index >= 15 is 0 Å². The maximum Gasteiger partial charge on any atom is 0.272 e. The predicted octanol–water partition coefficient (Wildman–Crippen LogP) is 4.71. The van der Waals surface area contributed by atoms with Crippen molar-refractivity contribution in [1.82, 2.24) is 10.4 Å². The molecule has 0 saturated carbocycles. The van der Waals surface area contributed by atoms with Crippen LogP contribution in [0, 0.1) is 15.9 Å². The lowest BCUT2D eigenvalue weighted by atomic mass is 10.0. The summed E-state index contributed by atoms with van der Waals surface area (Å²) in [5, 5.41) is 15.4. The van der Waals surface area contributed by atoms with Gasteiger partial charge in [-0.05, 0) is 36.4 Å². The number of pyridine rings is 1. The highest BCUT2D eigenvalue weighted by Crippen LogP contribution is 2.25. The van der Waals surface area contributed by atoms with Gasteiger partial charge in [-0.15, -0.1) is 0 Å². The quantitative estimate of drug-likeness (QED) is 0.290. The number of aromatic nitrogens is 1. The van der Waals surface area contributed by atoms with Crippen LogP contribution in [0.1, 0.15) is 15.9 Å². The second kappa shape index (κ2) is 8.50. The van der Waals surface area contributed by atoms with Gasteiger partial charge in [-0.1, -0.05) is 30.3 Å². The fraction of sp³-hybridized carbons (Fsp3) is 0. The summed E-state index contributed by atoms with van der Waals surface area (Å²) in [6.07, 6.45) is 1.33. The van der Waals surface area contributed by atoms with E-state index in [0.717, 1.165) is 0 Å².